The minimum atomic E-state index is -1.67. The molecule has 2 heteroatoms. The maximum Gasteiger partial charge on any atom is 0.0776 e. The van der Waals surface area contributed by atoms with Crippen LogP contribution in [0, 0.1) is 13.8 Å². The molecule has 0 aromatic heterocycles. The van der Waals surface area contributed by atoms with Gasteiger partial charge in [-0.05, 0) is 101 Å². The van der Waals surface area contributed by atoms with E-state index in [1.807, 2.05) is 0 Å². The minimum Gasteiger partial charge on any atom is -0.0656 e. The number of hydrogen-bond donors (Lipinski definition) is 0. The van der Waals surface area contributed by atoms with Gasteiger partial charge in [-0.2, -0.15) is 0 Å². The lowest BCUT2D eigenvalue weighted by atomic mass is 9.82. The summed E-state index contributed by atoms with van der Waals surface area (Å²) >= 11 is 0. The van der Waals surface area contributed by atoms with Gasteiger partial charge < -0.3 is 0 Å². The first kappa shape index (κ1) is 36.1. The molecule has 0 unspecified atom stereocenters. The van der Waals surface area contributed by atoms with Gasteiger partial charge in [0.25, 0.3) is 0 Å². The SMILES string of the molecule is Cc1ccc(-c2ccc(-c3c4ccc([Si](C)(C)C)cc4c(-c4ccc(-c5ccc(C)cc5)c5ccccc45)c4ccc([Si](C)(C)C)cc34)c3ccccc23)cc1. The molecule has 0 aliphatic rings. The highest BCUT2D eigenvalue weighted by molar-refractivity contribution is 6.89. The average molecular weight is 755 g/mol. The van der Waals surface area contributed by atoms with Gasteiger partial charge in [0.05, 0.1) is 16.1 Å². The van der Waals surface area contributed by atoms with Crippen LogP contribution < -0.4 is 10.4 Å². The van der Waals surface area contributed by atoms with Crippen LogP contribution in [0.15, 0.2) is 158 Å². The van der Waals surface area contributed by atoms with Crippen LogP contribution >= 0.6 is 0 Å². The van der Waals surface area contributed by atoms with E-state index in [4.69, 9.17) is 0 Å². The lowest BCUT2D eigenvalue weighted by molar-refractivity contribution is 1.47. The second-order valence-corrected chi connectivity index (χ2v) is 28.1. The van der Waals surface area contributed by atoms with Gasteiger partial charge in [0, 0.05) is 0 Å². The molecule has 0 atom stereocenters. The highest BCUT2D eigenvalue weighted by Crippen LogP contribution is 2.48. The van der Waals surface area contributed by atoms with E-state index in [0.29, 0.717) is 0 Å². The zero-order valence-corrected chi connectivity index (χ0v) is 36.0. The Morgan fingerprint density at radius 1 is 0.286 bits per heavy atom. The molecule has 0 aliphatic heterocycles. The first-order valence-corrected chi connectivity index (χ1v) is 27.1. The van der Waals surface area contributed by atoms with Crippen LogP contribution in [-0.2, 0) is 0 Å². The van der Waals surface area contributed by atoms with Gasteiger partial charge in [0.15, 0.2) is 0 Å². The Balaban J connectivity index is 1.43. The van der Waals surface area contributed by atoms with Gasteiger partial charge in [0.1, 0.15) is 0 Å². The molecule has 0 N–H and O–H groups in total. The topological polar surface area (TPSA) is 0 Å². The van der Waals surface area contributed by atoms with Crippen LogP contribution in [0.2, 0.25) is 39.3 Å². The predicted octanol–water partition coefficient (Wildman–Crippen LogP) is 14.7. The fourth-order valence-corrected chi connectivity index (χ4v) is 11.1. The van der Waals surface area contributed by atoms with Gasteiger partial charge in [-0.15, -0.1) is 0 Å². The van der Waals surface area contributed by atoms with Crippen molar-refractivity contribution in [2.45, 2.75) is 53.1 Å². The van der Waals surface area contributed by atoms with Gasteiger partial charge in [-0.1, -0.05) is 219 Å². The van der Waals surface area contributed by atoms with Crippen LogP contribution in [0.5, 0.6) is 0 Å². The van der Waals surface area contributed by atoms with Crippen LogP contribution in [-0.4, -0.2) is 16.1 Å². The van der Waals surface area contributed by atoms with Gasteiger partial charge in [-0.3, -0.25) is 0 Å². The van der Waals surface area contributed by atoms with Crippen molar-refractivity contribution in [3.8, 4) is 44.5 Å². The van der Waals surface area contributed by atoms with E-state index in [0.717, 1.165) is 0 Å². The molecular formula is C54H50Si2. The Hall–Kier alpha value is -5.55. The standard InChI is InChI=1S/C54H50Si2/c1-35-17-21-37(22-18-35)41-29-31-47(45-15-11-9-13-43(41)45)53-49-27-25-40(56(6,7)8)34-52(49)54(50-28-26-39(33-51(50)53)55(3,4)5)48-32-30-42(38-23-19-36(2)20-24-38)44-14-10-12-16-46(44)48/h9-34H,1-8H3. The second-order valence-electron chi connectivity index (χ2n) is 17.9. The molecule has 0 nitrogen and oxygen atoms in total. The van der Waals surface area contributed by atoms with E-state index in [1.54, 1.807) is 0 Å². The Morgan fingerprint density at radius 2 is 0.607 bits per heavy atom. The van der Waals surface area contributed by atoms with Crippen molar-refractivity contribution in [3.05, 3.63) is 169 Å². The van der Waals surface area contributed by atoms with E-state index in [1.165, 1.54) is 109 Å². The smallest absolute Gasteiger partial charge is 0.0656 e. The quantitative estimate of drug-likeness (QED) is 0.117. The summed E-state index contributed by atoms with van der Waals surface area (Å²) in [6.45, 7) is 19.2. The molecule has 0 bridgehead atoms. The van der Waals surface area contributed by atoms with Crippen LogP contribution in [0.3, 0.4) is 0 Å². The monoisotopic (exact) mass is 754 g/mol. The number of benzene rings is 9. The largest absolute Gasteiger partial charge is 0.0776 e. The van der Waals surface area contributed by atoms with Crippen molar-refractivity contribution < 1.29 is 0 Å². The minimum absolute atomic E-state index is 1.25. The molecule has 274 valence electrons. The summed E-state index contributed by atoms with van der Waals surface area (Å²) in [5.74, 6) is 0. The Labute approximate surface area is 334 Å². The van der Waals surface area contributed by atoms with Gasteiger partial charge >= 0.3 is 0 Å². The van der Waals surface area contributed by atoms with Gasteiger partial charge in [0.2, 0.25) is 0 Å². The van der Waals surface area contributed by atoms with Crippen molar-refractivity contribution in [1.82, 2.24) is 0 Å². The van der Waals surface area contributed by atoms with Crippen molar-refractivity contribution in [3.63, 3.8) is 0 Å². The normalized spacial score (nSPS) is 12.3. The Kier molecular flexibility index (Phi) is 8.76. The fourth-order valence-electron chi connectivity index (χ4n) is 8.75. The molecule has 9 rings (SSSR count). The second kappa shape index (κ2) is 13.6. The number of aryl methyl sites for hydroxylation is 2. The molecule has 0 amide bonds. The molecule has 0 radical (unpaired) electrons. The highest BCUT2D eigenvalue weighted by Gasteiger charge is 2.25. The van der Waals surface area contributed by atoms with Crippen molar-refractivity contribution >= 4 is 69.6 Å². The molecular weight excluding hydrogens is 705 g/mol. The molecule has 0 saturated carbocycles. The zero-order valence-electron chi connectivity index (χ0n) is 34.0. The van der Waals surface area contributed by atoms with Crippen molar-refractivity contribution in [1.29, 1.82) is 0 Å². The first-order chi connectivity index (χ1) is 26.9. The van der Waals surface area contributed by atoms with Crippen molar-refractivity contribution in [2.24, 2.45) is 0 Å². The van der Waals surface area contributed by atoms with Crippen LogP contribution in [0.1, 0.15) is 11.1 Å². The van der Waals surface area contributed by atoms with E-state index < -0.39 is 16.1 Å². The average Bonchev–Trinajstić information content (AvgIpc) is 3.19. The fraction of sp³-hybridized carbons (Fsp3) is 0.148. The summed E-state index contributed by atoms with van der Waals surface area (Å²) in [6, 6.07) is 60.6. The van der Waals surface area contributed by atoms with E-state index in [2.05, 4.69) is 211 Å². The summed E-state index contributed by atoms with van der Waals surface area (Å²) in [4.78, 5) is 0. The Bertz CT molecular complexity index is 2770. The summed E-state index contributed by atoms with van der Waals surface area (Å²) < 4.78 is 0. The lowest BCUT2D eigenvalue weighted by Gasteiger charge is -2.25. The molecule has 0 spiro atoms. The molecule has 0 aliphatic carbocycles. The summed E-state index contributed by atoms with van der Waals surface area (Å²) in [5, 5.41) is 13.5. The van der Waals surface area contributed by atoms with E-state index in [9.17, 15) is 0 Å². The summed E-state index contributed by atoms with van der Waals surface area (Å²) in [5.41, 5.74) is 12.9. The van der Waals surface area contributed by atoms with E-state index >= 15 is 0 Å². The van der Waals surface area contributed by atoms with Crippen molar-refractivity contribution in [2.75, 3.05) is 0 Å². The van der Waals surface area contributed by atoms with Crippen LogP contribution in [0.4, 0.5) is 0 Å². The zero-order chi connectivity index (χ0) is 38.9. The summed E-state index contributed by atoms with van der Waals surface area (Å²) in [7, 11) is -3.34. The molecule has 56 heavy (non-hydrogen) atoms. The number of rotatable bonds is 6. The third-order valence-electron chi connectivity index (χ3n) is 12.0. The first-order valence-electron chi connectivity index (χ1n) is 20.1. The number of hydrogen-bond acceptors (Lipinski definition) is 0. The number of fused-ring (bicyclic) bond motifs is 4. The molecule has 9 aromatic carbocycles. The molecule has 0 saturated heterocycles. The molecule has 0 heterocycles. The third-order valence-corrected chi connectivity index (χ3v) is 16.0. The third kappa shape index (κ3) is 6.22. The highest BCUT2D eigenvalue weighted by atomic mass is 28.3. The van der Waals surface area contributed by atoms with Gasteiger partial charge in [-0.25, -0.2) is 0 Å². The summed E-state index contributed by atoms with van der Waals surface area (Å²) in [6.07, 6.45) is 0. The maximum absolute atomic E-state index is 2.57. The molecule has 9 aromatic rings. The molecule has 0 fully saturated rings. The predicted molar refractivity (Wildman–Crippen MR) is 254 cm³/mol. The lowest BCUT2D eigenvalue weighted by Crippen LogP contribution is -2.37. The van der Waals surface area contributed by atoms with E-state index in [-0.39, 0.29) is 0 Å². The van der Waals surface area contributed by atoms with Crippen LogP contribution in [0.25, 0.3) is 87.6 Å². The Morgan fingerprint density at radius 3 is 0.946 bits per heavy atom. The maximum atomic E-state index is 2.57.